The van der Waals surface area contributed by atoms with Gasteiger partial charge in [0.1, 0.15) is 11.6 Å². The van der Waals surface area contributed by atoms with Crippen molar-refractivity contribution in [2.24, 2.45) is 0 Å². The van der Waals surface area contributed by atoms with E-state index >= 15 is 0 Å². The Kier molecular flexibility index (Phi) is 9.11. The van der Waals surface area contributed by atoms with E-state index in [9.17, 15) is 9.90 Å². The molecule has 10 heteroatoms. The van der Waals surface area contributed by atoms with E-state index in [0.29, 0.717) is 13.0 Å². The van der Waals surface area contributed by atoms with Gasteiger partial charge in [0, 0.05) is 24.8 Å². The predicted molar refractivity (Wildman–Crippen MR) is 159 cm³/mol. The first-order valence-electron chi connectivity index (χ1n) is 14.5. The molecule has 1 atom stereocenters. The predicted octanol–water partition coefficient (Wildman–Crippen LogP) is 7.55. The minimum Gasteiger partial charge on any atom is -0.465 e. The van der Waals surface area contributed by atoms with Gasteiger partial charge in [-0.25, -0.2) is 9.78 Å². The number of carboxylic acid groups (broad SMARTS) is 1. The van der Waals surface area contributed by atoms with Gasteiger partial charge in [0.2, 0.25) is 0 Å². The Morgan fingerprint density at radius 3 is 2.50 bits per heavy atom. The van der Waals surface area contributed by atoms with E-state index in [1.54, 1.807) is 0 Å². The molecule has 2 aromatic heterocycles. The lowest BCUT2D eigenvalue weighted by atomic mass is 9.92. The van der Waals surface area contributed by atoms with Crippen LogP contribution in [0.3, 0.4) is 0 Å². The van der Waals surface area contributed by atoms with Gasteiger partial charge in [-0.3, -0.25) is 0 Å². The Labute approximate surface area is 238 Å². The molecule has 0 spiro atoms. The molecule has 9 nitrogen and oxygen atoms in total. The van der Waals surface area contributed by atoms with Crippen LogP contribution < -0.4 is 5.32 Å². The van der Waals surface area contributed by atoms with Gasteiger partial charge in [0.15, 0.2) is 8.32 Å². The molecule has 3 aromatic rings. The van der Waals surface area contributed by atoms with Crippen molar-refractivity contribution in [2.75, 3.05) is 13.2 Å². The maximum Gasteiger partial charge on any atom is 0.405 e. The first-order chi connectivity index (χ1) is 18.8. The number of aryl methyl sites for hydroxylation is 2. The summed E-state index contributed by atoms with van der Waals surface area (Å²) in [5, 5.41) is 16.8. The Balaban J connectivity index is 1.74. The summed E-state index contributed by atoms with van der Waals surface area (Å²) >= 11 is 0. The summed E-state index contributed by atoms with van der Waals surface area (Å²) < 4.78 is 20.1. The number of fused-ring (bicyclic) bond motifs is 1. The van der Waals surface area contributed by atoms with Crippen LogP contribution >= 0.6 is 0 Å². The number of carbonyl (C=O) groups is 1. The number of nitrogens with one attached hydrogen (secondary N) is 1. The number of benzene rings is 1. The van der Waals surface area contributed by atoms with Crippen molar-refractivity contribution in [3.63, 3.8) is 0 Å². The average Bonchev–Trinajstić information content (AvgIpc) is 3.42. The largest absolute Gasteiger partial charge is 0.465 e. The Morgan fingerprint density at radius 2 is 1.93 bits per heavy atom. The summed E-state index contributed by atoms with van der Waals surface area (Å²) in [6.07, 6.45) is 3.57. The molecule has 2 N–H and O–H groups in total. The van der Waals surface area contributed by atoms with Gasteiger partial charge in [-0.1, -0.05) is 32.0 Å². The molecule has 0 radical (unpaired) electrons. The van der Waals surface area contributed by atoms with Crippen LogP contribution in [0.25, 0.3) is 22.2 Å². The highest BCUT2D eigenvalue weighted by Crippen LogP contribution is 2.39. The molecule has 0 unspecified atom stereocenters. The van der Waals surface area contributed by atoms with Crippen molar-refractivity contribution in [1.29, 1.82) is 0 Å². The molecule has 0 aliphatic heterocycles. The highest BCUT2D eigenvalue weighted by Gasteiger charge is 2.37. The second-order valence-electron chi connectivity index (χ2n) is 12.5. The van der Waals surface area contributed by atoms with E-state index in [2.05, 4.69) is 67.1 Å². The van der Waals surface area contributed by atoms with Crippen LogP contribution in [0, 0.1) is 13.8 Å². The minimum absolute atomic E-state index is 0.0731. The fourth-order valence-corrected chi connectivity index (χ4v) is 6.63. The first kappa shape index (κ1) is 30.3. The number of aromatic nitrogens is 3. The van der Waals surface area contributed by atoms with Crippen molar-refractivity contribution in [3.8, 4) is 11.1 Å². The third-order valence-corrected chi connectivity index (χ3v) is 13.3. The van der Waals surface area contributed by atoms with Crippen LogP contribution in [0.5, 0.6) is 0 Å². The van der Waals surface area contributed by atoms with Crippen molar-refractivity contribution in [2.45, 2.75) is 110 Å². The lowest BCUT2D eigenvalue weighted by Gasteiger charge is -2.36. The maximum atomic E-state index is 12.0. The molecule has 1 saturated carbocycles. The summed E-state index contributed by atoms with van der Waals surface area (Å²) in [5.41, 5.74) is 4.64. The number of nitrogens with zero attached hydrogens (tertiary/aromatic N) is 3. The van der Waals surface area contributed by atoms with Crippen LogP contribution in [-0.4, -0.2) is 53.5 Å². The molecule has 0 bridgehead atoms. The SMILES string of the molecule is CCOC1CCC(n2c([C@H](CCO[Si](C)(C)C(C)(C)C)NC(=O)O)nc3cc(-c4c(C)noc4C)ccc32)CC1. The summed E-state index contributed by atoms with van der Waals surface area (Å²) in [5.74, 6) is 1.51. The Morgan fingerprint density at radius 1 is 1.23 bits per heavy atom. The van der Waals surface area contributed by atoms with Gasteiger partial charge in [0.25, 0.3) is 0 Å². The quantitative estimate of drug-likeness (QED) is 0.242. The molecule has 1 fully saturated rings. The molecule has 0 saturated heterocycles. The zero-order valence-corrected chi connectivity index (χ0v) is 26.3. The Bertz CT molecular complexity index is 1300. The summed E-state index contributed by atoms with van der Waals surface area (Å²) in [7, 11) is -1.99. The fraction of sp³-hybridized carbons (Fsp3) is 0.633. The normalized spacial score (nSPS) is 19.2. The van der Waals surface area contributed by atoms with E-state index in [0.717, 1.165) is 71.7 Å². The average molecular weight is 571 g/mol. The number of rotatable bonds is 10. The standard InChI is InChI=1S/C30H46N4O5Si/c1-9-37-23-13-11-22(12-14-23)34-26-15-10-21(27-19(2)33-39-20(27)3)18-25(26)31-28(34)24(32-29(35)36)16-17-38-40(7,8)30(4,5)6/h10,15,18,22-24,32H,9,11-14,16-17H2,1-8H3,(H,35,36)/t22?,23?,24-/m0/s1. The van der Waals surface area contributed by atoms with E-state index in [1.165, 1.54) is 0 Å². The molecule has 1 amide bonds. The molecule has 1 aromatic carbocycles. The van der Waals surface area contributed by atoms with Gasteiger partial charge in [-0.15, -0.1) is 0 Å². The molecular weight excluding hydrogens is 524 g/mol. The van der Waals surface area contributed by atoms with Gasteiger partial charge in [0.05, 0.1) is 28.9 Å². The topological polar surface area (TPSA) is 112 Å². The van der Waals surface area contributed by atoms with Crippen LogP contribution in [0.4, 0.5) is 4.79 Å². The molecule has 220 valence electrons. The van der Waals surface area contributed by atoms with Crippen molar-refractivity contribution in [1.82, 2.24) is 20.0 Å². The highest BCUT2D eigenvalue weighted by molar-refractivity contribution is 6.74. The van der Waals surface area contributed by atoms with Crippen LogP contribution in [0.2, 0.25) is 18.1 Å². The second-order valence-corrected chi connectivity index (χ2v) is 17.3. The fourth-order valence-electron chi connectivity index (χ4n) is 5.57. The molecule has 1 aliphatic rings. The van der Waals surface area contributed by atoms with Crippen LogP contribution in [0.1, 0.15) is 89.2 Å². The number of hydrogen-bond donors (Lipinski definition) is 2. The summed E-state index contributed by atoms with van der Waals surface area (Å²) in [4.78, 5) is 17.1. The van der Waals surface area contributed by atoms with Crippen LogP contribution in [-0.2, 0) is 9.16 Å². The molecule has 40 heavy (non-hydrogen) atoms. The molecule has 4 rings (SSSR count). The maximum absolute atomic E-state index is 12.0. The smallest absolute Gasteiger partial charge is 0.405 e. The molecule has 2 heterocycles. The third kappa shape index (κ3) is 6.44. The monoisotopic (exact) mass is 570 g/mol. The van der Waals surface area contributed by atoms with E-state index in [-0.39, 0.29) is 17.2 Å². The minimum atomic E-state index is -1.99. The molecule has 1 aliphatic carbocycles. The van der Waals surface area contributed by atoms with E-state index in [4.69, 9.17) is 18.7 Å². The van der Waals surface area contributed by atoms with Gasteiger partial charge in [-0.05, 0) is 88.7 Å². The summed E-state index contributed by atoms with van der Waals surface area (Å²) in [6.45, 7) is 18.1. The van der Waals surface area contributed by atoms with Crippen molar-refractivity contribution in [3.05, 3.63) is 35.5 Å². The van der Waals surface area contributed by atoms with E-state index in [1.807, 2.05) is 20.8 Å². The van der Waals surface area contributed by atoms with Crippen LogP contribution in [0.15, 0.2) is 22.7 Å². The first-order valence-corrected chi connectivity index (χ1v) is 17.4. The number of imidazole rings is 1. The van der Waals surface area contributed by atoms with Gasteiger partial charge >= 0.3 is 6.09 Å². The van der Waals surface area contributed by atoms with E-state index < -0.39 is 20.5 Å². The highest BCUT2D eigenvalue weighted by atomic mass is 28.4. The number of hydrogen-bond acceptors (Lipinski definition) is 6. The van der Waals surface area contributed by atoms with Crippen molar-refractivity contribution < 1.29 is 23.6 Å². The lowest BCUT2D eigenvalue weighted by molar-refractivity contribution is 0.0271. The summed E-state index contributed by atoms with van der Waals surface area (Å²) in [6, 6.07) is 5.97. The van der Waals surface area contributed by atoms with Gasteiger partial charge < -0.3 is 28.7 Å². The zero-order chi connectivity index (χ0) is 29.2. The Hall–Kier alpha value is -2.69. The molecular formula is C30H46N4O5Si. The van der Waals surface area contributed by atoms with Gasteiger partial charge in [-0.2, -0.15) is 0 Å². The zero-order valence-electron chi connectivity index (χ0n) is 25.3. The number of amides is 1. The second kappa shape index (κ2) is 12.0. The third-order valence-electron chi connectivity index (χ3n) is 8.74. The lowest BCUT2D eigenvalue weighted by Crippen LogP contribution is -2.41. The van der Waals surface area contributed by atoms with Crippen molar-refractivity contribution >= 4 is 25.4 Å². The number of ether oxygens (including phenoxy) is 1.